The summed E-state index contributed by atoms with van der Waals surface area (Å²) in [4.78, 5) is 46.3. The summed E-state index contributed by atoms with van der Waals surface area (Å²) >= 11 is 0. The first-order valence-electron chi connectivity index (χ1n) is 14.6. The lowest BCUT2D eigenvalue weighted by molar-refractivity contribution is -0.300. The van der Waals surface area contributed by atoms with E-state index in [2.05, 4.69) is 16.0 Å². The predicted octanol–water partition coefficient (Wildman–Crippen LogP) is -4.47. The molecule has 0 spiro atoms. The summed E-state index contributed by atoms with van der Waals surface area (Å²) in [5.41, 5.74) is 1.96. The highest BCUT2D eigenvalue weighted by Crippen LogP contribution is 2.21. The van der Waals surface area contributed by atoms with E-state index in [1.54, 1.807) is 0 Å². The Morgan fingerprint density at radius 3 is 1.55 bits per heavy atom. The van der Waals surface area contributed by atoms with E-state index >= 15 is 0 Å². The van der Waals surface area contributed by atoms with Gasteiger partial charge in [0, 0.05) is 58.5 Å². The monoisotopic (exact) mass is 639 g/mol. The third kappa shape index (κ3) is 18.3. The second-order valence-corrected chi connectivity index (χ2v) is 9.73. The van der Waals surface area contributed by atoms with E-state index in [1.165, 1.54) is 0 Å². The van der Waals surface area contributed by atoms with Crippen LogP contribution in [-0.2, 0) is 42.9 Å². The molecular weight excluding hydrogens is 590 g/mol. The van der Waals surface area contributed by atoms with Crippen LogP contribution in [0.15, 0.2) is 0 Å². The second-order valence-electron chi connectivity index (χ2n) is 9.73. The molecule has 0 saturated carbocycles. The molecule has 1 saturated heterocycles. The Morgan fingerprint density at radius 2 is 1.07 bits per heavy atom. The van der Waals surface area contributed by atoms with Gasteiger partial charge >= 0.3 is 0 Å². The van der Waals surface area contributed by atoms with E-state index in [4.69, 9.17) is 34.6 Å². The smallest absolute Gasteiger partial charge is 0.234 e. The van der Waals surface area contributed by atoms with Gasteiger partial charge in [-0.1, -0.05) is 0 Å². The van der Waals surface area contributed by atoms with Crippen molar-refractivity contribution in [2.75, 3.05) is 72.5 Å². The number of carbonyl (C=O) groups excluding carboxylic acids is 4. The number of carbonyl (C=O) groups is 4. The minimum atomic E-state index is -1.55. The minimum absolute atomic E-state index is 0.000123. The normalized spacial score (nSPS) is 21.4. The van der Waals surface area contributed by atoms with Gasteiger partial charge in [-0.05, 0) is 12.8 Å². The number of hydrogen-bond acceptors (Lipinski definition) is 14. The molecule has 18 nitrogen and oxygen atoms in total. The molecular formula is C26H49N5O13. The maximum atomic E-state index is 11.9. The fraction of sp³-hybridized carbons (Fsp3) is 0.846. The molecule has 0 aromatic carbocycles. The average molecular weight is 640 g/mol. The molecule has 1 rings (SSSR count). The van der Waals surface area contributed by atoms with Crippen LogP contribution in [0.3, 0.4) is 0 Å². The van der Waals surface area contributed by atoms with Crippen molar-refractivity contribution in [1.29, 1.82) is 0 Å². The van der Waals surface area contributed by atoms with E-state index in [0.717, 1.165) is 0 Å². The molecule has 0 radical (unpaired) electrons. The topological polar surface area (TPSA) is 269 Å². The molecule has 44 heavy (non-hydrogen) atoms. The first kappa shape index (κ1) is 39.5. The summed E-state index contributed by atoms with van der Waals surface area (Å²) in [5.74, 6) is 3.68. The Labute approximate surface area is 256 Å². The summed E-state index contributed by atoms with van der Waals surface area (Å²) in [6.45, 7) is 2.75. The van der Waals surface area contributed by atoms with Gasteiger partial charge in [-0.25, -0.2) is 5.84 Å². The molecule has 0 unspecified atom stereocenters. The Hall–Kier alpha value is -2.52. The molecule has 0 aromatic rings. The first-order chi connectivity index (χ1) is 21.2. The highest BCUT2D eigenvalue weighted by atomic mass is 16.7. The van der Waals surface area contributed by atoms with Crippen LogP contribution in [-0.4, -0.2) is 147 Å². The average Bonchev–Trinajstić information content (AvgIpc) is 3.02. The van der Waals surface area contributed by atoms with Crippen LogP contribution in [0.2, 0.25) is 0 Å². The number of nitrogens with two attached hydrogens (primary N) is 1. The highest BCUT2D eigenvalue weighted by Gasteiger charge is 2.43. The third-order valence-corrected chi connectivity index (χ3v) is 6.19. The van der Waals surface area contributed by atoms with E-state index in [9.17, 15) is 34.5 Å². The molecule has 0 aliphatic carbocycles. The molecule has 1 heterocycles. The van der Waals surface area contributed by atoms with Gasteiger partial charge in [0.05, 0.1) is 39.6 Å². The molecule has 1 fully saturated rings. The predicted molar refractivity (Wildman–Crippen MR) is 151 cm³/mol. The zero-order chi connectivity index (χ0) is 32.6. The van der Waals surface area contributed by atoms with Crippen LogP contribution in [0.5, 0.6) is 0 Å². The lowest BCUT2D eigenvalue weighted by atomic mass is 9.99. The van der Waals surface area contributed by atoms with Gasteiger partial charge < -0.3 is 60.1 Å². The van der Waals surface area contributed by atoms with Crippen LogP contribution in [0, 0.1) is 0 Å². The standard InChI is InChI=1S/C26H49N5O13/c27-31-22(36)6-5-20(34)29-8-2-11-41-14-16-42-15-13-40-10-1-7-28-19(33)3-4-21(35)30-9-12-43-26-25(39)24(38)23(37)18(17-32)44-26/h18,23-26,32,37-39H,1-17,27H2,(H,28,33)(H,29,34)(H,30,35)(H,31,36)/t18-,23-,24+,25+,26+/m1/s1. The van der Waals surface area contributed by atoms with Crippen molar-refractivity contribution in [3.63, 3.8) is 0 Å². The molecule has 256 valence electrons. The van der Waals surface area contributed by atoms with Gasteiger partial charge in [0.1, 0.15) is 24.4 Å². The second kappa shape index (κ2) is 24.8. The molecule has 0 aromatic heterocycles. The lowest BCUT2D eigenvalue weighted by Gasteiger charge is -2.39. The minimum Gasteiger partial charge on any atom is -0.394 e. The van der Waals surface area contributed by atoms with E-state index in [0.29, 0.717) is 65.6 Å². The molecule has 1 aliphatic heterocycles. The van der Waals surface area contributed by atoms with Crippen LogP contribution in [0.4, 0.5) is 0 Å². The Bertz CT molecular complexity index is 823. The van der Waals surface area contributed by atoms with Gasteiger partial charge in [-0.3, -0.25) is 24.6 Å². The zero-order valence-electron chi connectivity index (χ0n) is 24.9. The van der Waals surface area contributed by atoms with E-state index in [-0.39, 0.29) is 56.6 Å². The first-order valence-corrected chi connectivity index (χ1v) is 14.6. The van der Waals surface area contributed by atoms with Crippen LogP contribution in [0.25, 0.3) is 0 Å². The van der Waals surface area contributed by atoms with Gasteiger partial charge in [-0.15, -0.1) is 0 Å². The lowest BCUT2D eigenvalue weighted by Crippen LogP contribution is -2.59. The number of aliphatic hydroxyl groups is 4. The summed E-state index contributed by atoms with van der Waals surface area (Å²) in [6.07, 6.45) is -5.59. The summed E-state index contributed by atoms with van der Waals surface area (Å²) in [7, 11) is 0. The Kier molecular flexibility index (Phi) is 22.2. The van der Waals surface area contributed by atoms with Crippen molar-refractivity contribution in [3.8, 4) is 0 Å². The maximum absolute atomic E-state index is 11.9. The van der Waals surface area contributed by atoms with Gasteiger partial charge in [0.25, 0.3) is 0 Å². The molecule has 18 heteroatoms. The summed E-state index contributed by atoms with van der Waals surface area (Å²) in [6, 6.07) is 0. The fourth-order valence-corrected chi connectivity index (χ4v) is 3.71. The molecule has 1 aliphatic rings. The fourth-order valence-electron chi connectivity index (χ4n) is 3.71. The van der Waals surface area contributed by atoms with E-state index < -0.39 is 43.2 Å². The number of amides is 4. The van der Waals surface area contributed by atoms with Gasteiger partial charge in [0.2, 0.25) is 23.6 Å². The summed E-state index contributed by atoms with van der Waals surface area (Å²) < 4.78 is 26.7. The number of nitrogens with one attached hydrogen (secondary N) is 4. The zero-order valence-corrected chi connectivity index (χ0v) is 24.9. The Morgan fingerprint density at radius 1 is 0.614 bits per heavy atom. The van der Waals surface area contributed by atoms with Crippen LogP contribution >= 0.6 is 0 Å². The molecule has 4 amide bonds. The van der Waals surface area contributed by atoms with E-state index in [1.807, 2.05) is 5.43 Å². The van der Waals surface area contributed by atoms with Crippen molar-refractivity contribution in [2.24, 2.45) is 5.84 Å². The molecule has 0 bridgehead atoms. The highest BCUT2D eigenvalue weighted by molar-refractivity contribution is 5.84. The number of aliphatic hydroxyl groups excluding tert-OH is 4. The SMILES string of the molecule is NNC(=O)CCC(=O)NCCCOCCOCCOCCCNC(=O)CCC(=O)NCCO[C@H]1O[C@H](CO)[C@@H](O)[C@H](O)[C@@H]1O. The largest absolute Gasteiger partial charge is 0.394 e. The quantitative estimate of drug-likeness (QED) is 0.0197. The third-order valence-electron chi connectivity index (χ3n) is 6.19. The number of hydrazine groups is 1. The molecule has 5 atom stereocenters. The van der Waals surface area contributed by atoms with Crippen LogP contribution < -0.4 is 27.2 Å². The summed E-state index contributed by atoms with van der Waals surface area (Å²) in [5, 5.41) is 46.5. The van der Waals surface area contributed by atoms with Crippen molar-refractivity contribution in [1.82, 2.24) is 21.4 Å². The van der Waals surface area contributed by atoms with Crippen LogP contribution in [0.1, 0.15) is 38.5 Å². The number of ether oxygens (including phenoxy) is 5. The molecule has 10 N–H and O–H groups in total. The van der Waals surface area contributed by atoms with Crippen molar-refractivity contribution < 1.29 is 63.3 Å². The number of rotatable bonds is 25. The maximum Gasteiger partial charge on any atom is 0.234 e. The van der Waals surface area contributed by atoms with Crippen molar-refractivity contribution in [2.45, 2.75) is 69.2 Å². The van der Waals surface area contributed by atoms with Gasteiger partial charge in [0.15, 0.2) is 6.29 Å². The van der Waals surface area contributed by atoms with Crippen molar-refractivity contribution in [3.05, 3.63) is 0 Å². The van der Waals surface area contributed by atoms with Crippen molar-refractivity contribution >= 4 is 23.6 Å². The van der Waals surface area contributed by atoms with Gasteiger partial charge in [-0.2, -0.15) is 0 Å². The number of hydrogen-bond donors (Lipinski definition) is 9. The Balaban J connectivity index is 1.88.